The second kappa shape index (κ2) is 2.88. The van der Waals surface area contributed by atoms with Crippen LogP contribution >= 0.6 is 0 Å². The van der Waals surface area contributed by atoms with E-state index < -0.39 is 0 Å². The van der Waals surface area contributed by atoms with Crippen LogP contribution in [-0.4, -0.2) is 0 Å². The first-order valence-electron chi connectivity index (χ1n) is 4.69. The van der Waals surface area contributed by atoms with Gasteiger partial charge < -0.3 is 4.74 Å². The summed E-state index contributed by atoms with van der Waals surface area (Å²) in [6.45, 7) is 0. The Morgan fingerprint density at radius 3 is 2.79 bits per heavy atom. The van der Waals surface area contributed by atoms with Crippen molar-refractivity contribution >= 4 is 0 Å². The van der Waals surface area contributed by atoms with Gasteiger partial charge in [-0.2, -0.15) is 0 Å². The normalized spacial score (nSPS) is 11.7. The highest BCUT2D eigenvalue weighted by molar-refractivity contribution is 5.59. The Kier molecular flexibility index (Phi) is 1.57. The maximum atomic E-state index is 5.29. The van der Waals surface area contributed by atoms with Crippen molar-refractivity contribution < 1.29 is 4.74 Å². The maximum absolute atomic E-state index is 5.29. The molecule has 0 bridgehead atoms. The Morgan fingerprint density at radius 2 is 1.93 bits per heavy atom. The van der Waals surface area contributed by atoms with Crippen molar-refractivity contribution in [3.8, 4) is 11.5 Å². The quantitative estimate of drug-likeness (QED) is 0.553. The van der Waals surface area contributed by atoms with Crippen molar-refractivity contribution in [1.29, 1.82) is 0 Å². The monoisotopic (exact) mass is 181 g/mol. The maximum Gasteiger partial charge on any atom is 0.178 e. The van der Waals surface area contributed by atoms with Crippen molar-refractivity contribution in [3.63, 3.8) is 0 Å². The summed E-state index contributed by atoms with van der Waals surface area (Å²) in [4.78, 5) is 0. The van der Waals surface area contributed by atoms with Gasteiger partial charge in [-0.25, -0.2) is 0 Å². The Labute approximate surface area is 83.0 Å². The highest BCUT2D eigenvalue weighted by Gasteiger charge is 2.23. The van der Waals surface area contributed by atoms with Gasteiger partial charge in [-0.05, 0) is 11.6 Å². The van der Waals surface area contributed by atoms with Gasteiger partial charge in [0, 0.05) is 18.1 Å². The molecule has 67 valence electrons. The van der Waals surface area contributed by atoms with E-state index in [1.807, 2.05) is 12.1 Å². The van der Waals surface area contributed by atoms with E-state index in [9.17, 15) is 0 Å². The van der Waals surface area contributed by atoms with Crippen LogP contribution in [0.5, 0.6) is 11.5 Å². The molecule has 0 aromatic heterocycles. The van der Waals surface area contributed by atoms with E-state index in [0.29, 0.717) is 0 Å². The fourth-order valence-electron chi connectivity index (χ4n) is 1.63. The van der Waals surface area contributed by atoms with Crippen LogP contribution in [-0.2, 0) is 6.42 Å². The van der Waals surface area contributed by atoms with Crippen LogP contribution in [0.25, 0.3) is 0 Å². The molecule has 3 rings (SSSR count). The van der Waals surface area contributed by atoms with Crippen molar-refractivity contribution in [1.82, 2.24) is 0 Å². The molecule has 0 unspecified atom stereocenters. The molecule has 1 aliphatic heterocycles. The van der Waals surface area contributed by atoms with E-state index in [1.54, 1.807) is 0 Å². The van der Waals surface area contributed by atoms with Gasteiger partial charge in [-0.3, -0.25) is 0 Å². The van der Waals surface area contributed by atoms with Crippen LogP contribution in [0.4, 0.5) is 0 Å². The van der Waals surface area contributed by atoms with Crippen molar-refractivity contribution in [2.75, 3.05) is 0 Å². The fourth-order valence-corrected chi connectivity index (χ4v) is 1.63. The van der Waals surface area contributed by atoms with Gasteiger partial charge in [0.1, 0.15) is 0 Å². The summed E-state index contributed by atoms with van der Waals surface area (Å²) in [5, 5.41) is 0. The zero-order valence-corrected chi connectivity index (χ0v) is 7.66. The molecule has 0 aliphatic carbocycles. The third-order valence-electron chi connectivity index (χ3n) is 2.40. The summed E-state index contributed by atoms with van der Waals surface area (Å²) in [7, 11) is 0. The van der Waals surface area contributed by atoms with E-state index in [2.05, 4.69) is 36.4 Å². The summed E-state index contributed by atoms with van der Waals surface area (Å²) < 4.78 is 5.29. The smallest absolute Gasteiger partial charge is 0.178 e. The van der Waals surface area contributed by atoms with E-state index in [4.69, 9.17) is 4.74 Å². The number of ether oxygens (including phenoxy) is 1. The predicted molar refractivity (Wildman–Crippen MR) is 54.6 cm³/mol. The molecule has 1 radical (unpaired) electrons. The molecule has 0 N–H and O–H groups in total. The zero-order chi connectivity index (χ0) is 9.38. The Hall–Kier alpha value is -1.76. The molecule has 1 nitrogen and oxygen atoms in total. The van der Waals surface area contributed by atoms with Crippen molar-refractivity contribution in [2.45, 2.75) is 6.42 Å². The lowest BCUT2D eigenvalue weighted by Gasteiger charge is -1.98. The number of hydrogen-bond acceptors (Lipinski definition) is 1. The van der Waals surface area contributed by atoms with Crippen molar-refractivity contribution in [3.05, 3.63) is 59.7 Å². The molecule has 0 amide bonds. The van der Waals surface area contributed by atoms with Gasteiger partial charge in [0.2, 0.25) is 0 Å². The van der Waals surface area contributed by atoms with Gasteiger partial charge in [-0.15, -0.1) is 0 Å². The lowest BCUT2D eigenvalue weighted by Crippen LogP contribution is -1.84. The first-order chi connectivity index (χ1) is 6.93. The molecule has 1 heteroatoms. The van der Waals surface area contributed by atoms with Crippen LogP contribution in [0.3, 0.4) is 0 Å². The Balaban J connectivity index is 1.90. The van der Waals surface area contributed by atoms with E-state index in [-0.39, 0.29) is 0 Å². The number of benzene rings is 2. The second-order valence-electron chi connectivity index (χ2n) is 3.43. The third-order valence-corrected chi connectivity index (χ3v) is 2.40. The van der Waals surface area contributed by atoms with E-state index >= 15 is 0 Å². The first-order valence-corrected chi connectivity index (χ1v) is 4.69. The number of hydrogen-bond donors (Lipinski definition) is 0. The highest BCUT2D eigenvalue weighted by atomic mass is 16.6. The van der Waals surface area contributed by atoms with Crippen molar-refractivity contribution in [2.24, 2.45) is 0 Å². The van der Waals surface area contributed by atoms with Gasteiger partial charge in [0.05, 0.1) is 0 Å². The molecule has 1 aliphatic rings. The molecule has 1 heterocycles. The lowest BCUT2D eigenvalue weighted by atomic mass is 10.1. The van der Waals surface area contributed by atoms with Crippen LogP contribution in [0.1, 0.15) is 11.1 Å². The Bertz CT molecular complexity index is 460. The number of fused-ring (bicyclic) bond motifs is 1. The largest absolute Gasteiger partial charge is 0.449 e. The molecular weight excluding hydrogens is 172 g/mol. The van der Waals surface area contributed by atoms with E-state index in [0.717, 1.165) is 17.9 Å². The summed E-state index contributed by atoms with van der Waals surface area (Å²) in [5.74, 6) is 1.94. The Morgan fingerprint density at radius 1 is 1.07 bits per heavy atom. The fraction of sp³-hybridized carbons (Fsp3) is 0.0769. The summed E-state index contributed by atoms with van der Waals surface area (Å²) >= 11 is 0. The molecular formula is C13H9O. The minimum Gasteiger partial charge on any atom is -0.449 e. The van der Waals surface area contributed by atoms with Crippen LogP contribution in [0, 0.1) is 6.07 Å². The summed E-state index contributed by atoms with van der Waals surface area (Å²) in [5.41, 5.74) is 2.57. The predicted octanol–water partition coefficient (Wildman–Crippen LogP) is 3.18. The molecule has 0 fully saturated rings. The van der Waals surface area contributed by atoms with Gasteiger partial charge in [0.15, 0.2) is 11.5 Å². The topological polar surface area (TPSA) is 12.5 Å². The third kappa shape index (κ3) is 1.27. The lowest BCUT2D eigenvalue weighted by molar-refractivity contribution is 0.644. The highest BCUT2D eigenvalue weighted by Crippen LogP contribution is 2.47. The molecule has 2 aromatic rings. The molecule has 0 saturated carbocycles. The SMILES string of the molecule is [c]1ccc(Cc2ccccc2)c2c1O2. The standard InChI is InChI=1S/C13H9O/c1-2-5-10(6-3-1)9-11-7-4-8-12-13(11)14-12/h1-7H,9H2. The van der Waals surface area contributed by atoms with Crippen LogP contribution in [0.2, 0.25) is 0 Å². The number of rotatable bonds is 2. The van der Waals surface area contributed by atoms with E-state index in [1.165, 1.54) is 11.1 Å². The average molecular weight is 181 g/mol. The molecule has 0 saturated heterocycles. The van der Waals surface area contributed by atoms with Crippen LogP contribution in [0.15, 0.2) is 42.5 Å². The summed E-state index contributed by atoms with van der Waals surface area (Å²) in [6.07, 6.45) is 0.942. The summed E-state index contributed by atoms with van der Waals surface area (Å²) in [6, 6.07) is 17.4. The first kappa shape index (κ1) is 7.63. The zero-order valence-electron chi connectivity index (χ0n) is 7.66. The minimum atomic E-state index is 0.915. The molecule has 0 spiro atoms. The molecule has 14 heavy (non-hydrogen) atoms. The molecule has 0 atom stereocenters. The van der Waals surface area contributed by atoms with Crippen LogP contribution < -0.4 is 4.74 Å². The second-order valence-corrected chi connectivity index (χ2v) is 3.43. The van der Waals surface area contributed by atoms with Gasteiger partial charge in [-0.1, -0.05) is 36.4 Å². The average Bonchev–Trinajstić information content (AvgIpc) is 2.99. The van der Waals surface area contributed by atoms with Gasteiger partial charge in [0.25, 0.3) is 0 Å². The minimum absolute atomic E-state index is 0.915. The van der Waals surface area contributed by atoms with Gasteiger partial charge >= 0.3 is 0 Å². The molecule has 2 aromatic carbocycles.